The van der Waals surface area contributed by atoms with Gasteiger partial charge in [-0.25, -0.2) is 8.42 Å². The molecule has 132 valence electrons. The summed E-state index contributed by atoms with van der Waals surface area (Å²) in [5.74, 6) is -0.167. The van der Waals surface area contributed by atoms with Crippen LogP contribution in [0.3, 0.4) is 0 Å². The number of hydrogen-bond acceptors (Lipinski definition) is 5. The molecule has 0 unspecified atom stereocenters. The average Bonchev–Trinajstić information content (AvgIpc) is 2.96. The number of anilines is 1. The van der Waals surface area contributed by atoms with Crippen LogP contribution in [0.25, 0.3) is 0 Å². The van der Waals surface area contributed by atoms with Gasteiger partial charge in [0, 0.05) is 38.4 Å². The summed E-state index contributed by atoms with van der Waals surface area (Å²) in [7, 11) is -1.86. The van der Waals surface area contributed by atoms with E-state index in [9.17, 15) is 13.2 Å². The number of hydrogen-bond donors (Lipinski definition) is 0. The van der Waals surface area contributed by atoms with E-state index in [4.69, 9.17) is 0 Å². The predicted octanol–water partition coefficient (Wildman–Crippen LogP) is 2.30. The van der Waals surface area contributed by atoms with Gasteiger partial charge in [0.05, 0.1) is 5.56 Å². The number of aryl methyl sites for hydroxylation is 1. The summed E-state index contributed by atoms with van der Waals surface area (Å²) < 4.78 is 25.3. The lowest BCUT2D eigenvalue weighted by molar-refractivity contribution is 0.0985. The lowest BCUT2D eigenvalue weighted by atomic mass is 10.2. The number of amides is 1. The van der Waals surface area contributed by atoms with Crippen molar-refractivity contribution in [2.45, 2.75) is 32.1 Å². The summed E-state index contributed by atoms with van der Waals surface area (Å²) in [6, 6.07) is 3.30. The smallest absolute Gasteiger partial charge is 0.261 e. The van der Waals surface area contributed by atoms with Gasteiger partial charge in [-0.3, -0.25) is 19.4 Å². The highest BCUT2D eigenvalue weighted by Gasteiger charge is 2.27. The molecule has 0 aromatic carbocycles. The summed E-state index contributed by atoms with van der Waals surface area (Å²) in [5.41, 5.74) is 0.390. The first kappa shape index (κ1) is 19.8. The monoisotopic (exact) mass is 352 g/mol. The highest BCUT2D eigenvalue weighted by atomic mass is 32.2. The SMILES string of the molecule is CC.CCCN(C(=O)c1cccnc1)c1nn(C)cc1S(C)(=O)=O. The number of pyridine rings is 1. The molecule has 0 aliphatic carbocycles. The van der Waals surface area contributed by atoms with Crippen LogP contribution in [0.15, 0.2) is 35.6 Å². The zero-order valence-corrected chi connectivity index (χ0v) is 15.5. The molecule has 0 aliphatic rings. The highest BCUT2D eigenvalue weighted by molar-refractivity contribution is 7.90. The zero-order chi connectivity index (χ0) is 18.3. The molecule has 0 fully saturated rings. The van der Waals surface area contributed by atoms with Gasteiger partial charge in [0.15, 0.2) is 15.7 Å². The third kappa shape index (κ3) is 4.64. The molecule has 2 aromatic heterocycles. The van der Waals surface area contributed by atoms with Gasteiger partial charge in [-0.2, -0.15) is 5.10 Å². The van der Waals surface area contributed by atoms with Gasteiger partial charge < -0.3 is 0 Å². The summed E-state index contributed by atoms with van der Waals surface area (Å²) in [5, 5.41) is 4.16. The summed E-state index contributed by atoms with van der Waals surface area (Å²) in [6.45, 7) is 6.28. The van der Waals surface area contributed by atoms with Crippen molar-refractivity contribution in [3.63, 3.8) is 0 Å². The molecule has 0 atom stereocenters. The maximum absolute atomic E-state index is 12.7. The van der Waals surface area contributed by atoms with Crippen molar-refractivity contribution in [1.82, 2.24) is 14.8 Å². The molecular weight excluding hydrogens is 328 g/mol. The van der Waals surface area contributed by atoms with Crippen LogP contribution in [0.2, 0.25) is 0 Å². The molecule has 0 bridgehead atoms. The molecule has 0 radical (unpaired) electrons. The number of sulfone groups is 1. The topological polar surface area (TPSA) is 85.2 Å². The Hall–Kier alpha value is -2.22. The van der Waals surface area contributed by atoms with Crippen molar-refractivity contribution in [1.29, 1.82) is 0 Å². The largest absolute Gasteiger partial charge is 0.290 e. The summed E-state index contributed by atoms with van der Waals surface area (Å²) in [6.07, 6.45) is 6.21. The Morgan fingerprint density at radius 2 is 2.00 bits per heavy atom. The second-order valence-corrected chi connectivity index (χ2v) is 6.95. The molecule has 1 amide bonds. The summed E-state index contributed by atoms with van der Waals surface area (Å²) in [4.78, 5) is 18.0. The van der Waals surface area contributed by atoms with Gasteiger partial charge in [-0.05, 0) is 18.6 Å². The molecule has 2 rings (SSSR count). The molecular formula is C16H24N4O3S. The fourth-order valence-electron chi connectivity index (χ4n) is 2.08. The zero-order valence-electron chi connectivity index (χ0n) is 14.7. The van der Waals surface area contributed by atoms with E-state index in [1.165, 1.54) is 22.0 Å². The Labute approximate surface area is 143 Å². The van der Waals surface area contributed by atoms with Gasteiger partial charge in [0.25, 0.3) is 5.91 Å². The summed E-state index contributed by atoms with van der Waals surface area (Å²) >= 11 is 0. The molecule has 8 heteroatoms. The molecule has 0 N–H and O–H groups in total. The van der Waals surface area contributed by atoms with Crippen molar-refractivity contribution >= 4 is 21.6 Å². The molecule has 7 nitrogen and oxygen atoms in total. The van der Waals surface area contributed by atoms with E-state index < -0.39 is 9.84 Å². The molecule has 2 aromatic rings. The number of aromatic nitrogens is 3. The van der Waals surface area contributed by atoms with Crippen molar-refractivity contribution < 1.29 is 13.2 Å². The minimum absolute atomic E-state index is 0.0423. The van der Waals surface area contributed by atoms with Crippen LogP contribution in [0, 0.1) is 0 Å². The minimum Gasteiger partial charge on any atom is -0.290 e. The maximum atomic E-state index is 12.7. The number of rotatable bonds is 5. The van der Waals surface area contributed by atoms with E-state index >= 15 is 0 Å². The van der Waals surface area contributed by atoms with E-state index in [1.54, 1.807) is 25.4 Å². The third-order valence-electron chi connectivity index (χ3n) is 3.03. The van der Waals surface area contributed by atoms with Crippen molar-refractivity contribution in [3.8, 4) is 0 Å². The van der Waals surface area contributed by atoms with E-state index in [0.29, 0.717) is 18.5 Å². The fraction of sp³-hybridized carbons (Fsp3) is 0.438. The lowest BCUT2D eigenvalue weighted by Gasteiger charge is -2.20. The normalized spacial score (nSPS) is 10.7. The van der Waals surface area contributed by atoms with Gasteiger partial charge in [-0.1, -0.05) is 20.8 Å². The van der Waals surface area contributed by atoms with Crippen LogP contribution in [0.4, 0.5) is 5.82 Å². The maximum Gasteiger partial charge on any atom is 0.261 e. The first-order valence-electron chi connectivity index (χ1n) is 7.80. The Kier molecular flexibility index (Phi) is 7.09. The van der Waals surface area contributed by atoms with Crippen LogP contribution in [0.1, 0.15) is 37.6 Å². The predicted molar refractivity (Wildman–Crippen MR) is 93.9 cm³/mol. The molecule has 0 spiro atoms. The second kappa shape index (κ2) is 8.58. The van der Waals surface area contributed by atoms with Crippen LogP contribution >= 0.6 is 0 Å². The Bertz CT molecular complexity index is 770. The third-order valence-corrected chi connectivity index (χ3v) is 4.12. The Morgan fingerprint density at radius 1 is 1.33 bits per heavy atom. The van der Waals surface area contributed by atoms with Crippen molar-refractivity contribution in [2.24, 2.45) is 7.05 Å². The number of carbonyl (C=O) groups is 1. The van der Waals surface area contributed by atoms with Crippen molar-refractivity contribution in [3.05, 3.63) is 36.3 Å². The van der Waals surface area contributed by atoms with Crippen LogP contribution < -0.4 is 4.90 Å². The second-order valence-electron chi connectivity index (χ2n) is 4.96. The minimum atomic E-state index is -3.48. The number of carbonyl (C=O) groups excluding carboxylic acids is 1. The van der Waals surface area contributed by atoms with Crippen molar-refractivity contribution in [2.75, 3.05) is 17.7 Å². The van der Waals surface area contributed by atoms with Gasteiger partial charge in [-0.15, -0.1) is 0 Å². The Morgan fingerprint density at radius 3 is 2.50 bits per heavy atom. The first-order valence-corrected chi connectivity index (χ1v) is 9.69. The van der Waals surface area contributed by atoms with Crippen LogP contribution in [-0.4, -0.2) is 41.9 Å². The van der Waals surface area contributed by atoms with E-state index in [-0.39, 0.29) is 16.6 Å². The van der Waals surface area contributed by atoms with Crippen LogP contribution in [-0.2, 0) is 16.9 Å². The van der Waals surface area contributed by atoms with Gasteiger partial charge in [0.2, 0.25) is 0 Å². The van der Waals surface area contributed by atoms with E-state index in [2.05, 4.69) is 10.1 Å². The van der Waals surface area contributed by atoms with E-state index in [1.807, 2.05) is 20.8 Å². The number of nitrogens with zero attached hydrogens (tertiary/aromatic N) is 4. The highest BCUT2D eigenvalue weighted by Crippen LogP contribution is 2.25. The molecule has 24 heavy (non-hydrogen) atoms. The van der Waals surface area contributed by atoms with Gasteiger partial charge in [0.1, 0.15) is 4.90 Å². The van der Waals surface area contributed by atoms with Gasteiger partial charge >= 0.3 is 0 Å². The first-order chi connectivity index (χ1) is 11.3. The fourth-order valence-corrected chi connectivity index (χ4v) is 2.90. The molecule has 0 aliphatic heterocycles. The quantitative estimate of drug-likeness (QED) is 0.824. The standard InChI is InChI=1S/C14H18N4O3S.C2H6/c1-4-8-18(14(19)11-6-5-7-15-9-11)13-12(22(3,20)21)10-17(2)16-13;1-2/h5-7,9-10H,4,8H2,1-3H3;1-2H3. The molecule has 0 saturated carbocycles. The lowest BCUT2D eigenvalue weighted by Crippen LogP contribution is -2.33. The van der Waals surface area contributed by atoms with Crippen LogP contribution in [0.5, 0.6) is 0 Å². The van der Waals surface area contributed by atoms with E-state index in [0.717, 1.165) is 6.26 Å². The average molecular weight is 352 g/mol. The molecule has 2 heterocycles. The molecule has 0 saturated heterocycles. The Balaban J connectivity index is 0.00000139.